The monoisotopic (exact) mass is 127 g/mol. The molecule has 0 aliphatic heterocycles. The van der Waals surface area contributed by atoms with Crippen LogP contribution in [0.2, 0.25) is 0 Å². The first-order valence-electron chi connectivity index (χ1n) is 3.90. The highest BCUT2D eigenvalue weighted by atomic mass is 14.3. The summed E-state index contributed by atoms with van der Waals surface area (Å²) >= 11 is 0. The summed E-state index contributed by atoms with van der Waals surface area (Å²) in [5.41, 5.74) is 0. The van der Waals surface area contributed by atoms with Crippen molar-refractivity contribution in [3.8, 4) is 0 Å². The summed E-state index contributed by atoms with van der Waals surface area (Å²) in [6, 6.07) is 0. The summed E-state index contributed by atoms with van der Waals surface area (Å²) < 4.78 is 0. The lowest BCUT2D eigenvalue weighted by molar-refractivity contribution is 0.645. The first-order valence-corrected chi connectivity index (χ1v) is 3.90. The smallest absolute Gasteiger partial charge is 0.00477 e. The number of unbranched alkanes of at least 4 members (excludes halogenated alkanes) is 5. The predicted molar refractivity (Wildman–Crippen MR) is 42.2 cm³/mol. The van der Waals surface area contributed by atoms with Gasteiger partial charge in [0.25, 0.3) is 0 Å². The highest BCUT2D eigenvalue weighted by Gasteiger charge is 1.84. The van der Waals surface area contributed by atoms with Gasteiger partial charge in [0.15, 0.2) is 0 Å². The van der Waals surface area contributed by atoms with Crippen molar-refractivity contribution in [3.63, 3.8) is 0 Å². The van der Waals surface area contributed by atoms with Gasteiger partial charge in [-0.1, -0.05) is 32.6 Å². The normalized spacial score (nSPS) is 9.44. The Morgan fingerprint density at radius 1 is 1.11 bits per heavy atom. The zero-order chi connectivity index (χ0) is 6.95. The summed E-state index contributed by atoms with van der Waals surface area (Å²) in [6.45, 7) is 2.22. The van der Waals surface area contributed by atoms with Gasteiger partial charge in [-0.3, -0.25) is 0 Å². The quantitative estimate of drug-likeness (QED) is 0.419. The highest BCUT2D eigenvalue weighted by molar-refractivity contribution is 5.52. The van der Waals surface area contributed by atoms with Crippen LogP contribution in [0.3, 0.4) is 0 Å². The first-order chi connectivity index (χ1) is 4.41. The average molecular weight is 127 g/mol. The van der Waals surface area contributed by atoms with E-state index in [-0.39, 0.29) is 0 Å². The fourth-order valence-corrected chi connectivity index (χ4v) is 0.850. The molecule has 1 nitrogen and oxygen atoms in total. The van der Waals surface area contributed by atoms with Gasteiger partial charge in [-0.05, 0) is 19.1 Å². The van der Waals surface area contributed by atoms with E-state index in [1.165, 1.54) is 38.3 Å². The van der Waals surface area contributed by atoms with E-state index in [1.54, 1.807) is 0 Å². The van der Waals surface area contributed by atoms with Crippen molar-refractivity contribution < 1.29 is 0 Å². The van der Waals surface area contributed by atoms with Crippen molar-refractivity contribution in [2.45, 2.75) is 45.4 Å². The van der Waals surface area contributed by atoms with E-state index in [0.29, 0.717) is 0 Å². The molecule has 0 radical (unpaired) electrons. The summed E-state index contributed by atoms with van der Waals surface area (Å²) in [5, 5.41) is 6.76. The SMILES string of the molecule is CCCCCCCC=N. The van der Waals surface area contributed by atoms with Crippen LogP contribution >= 0.6 is 0 Å². The van der Waals surface area contributed by atoms with Gasteiger partial charge in [-0.15, -0.1) is 0 Å². The summed E-state index contributed by atoms with van der Waals surface area (Å²) in [7, 11) is 0. The molecule has 0 rings (SSSR count). The van der Waals surface area contributed by atoms with Crippen LogP contribution in [0, 0.1) is 5.41 Å². The molecular weight excluding hydrogens is 110 g/mol. The molecule has 1 N–H and O–H groups in total. The van der Waals surface area contributed by atoms with Crippen molar-refractivity contribution in [2.75, 3.05) is 0 Å². The molecule has 0 amide bonds. The zero-order valence-electron chi connectivity index (χ0n) is 6.32. The third-order valence-electron chi connectivity index (χ3n) is 1.45. The molecule has 0 fully saturated rings. The fourth-order valence-electron chi connectivity index (χ4n) is 0.850. The molecule has 0 aliphatic carbocycles. The Bertz CT molecular complexity index is 59.6. The molecule has 0 unspecified atom stereocenters. The molecule has 0 bridgehead atoms. The lowest BCUT2D eigenvalue weighted by Crippen LogP contribution is -1.77. The van der Waals surface area contributed by atoms with Gasteiger partial charge in [0, 0.05) is 0 Å². The predicted octanol–water partition coefficient (Wildman–Crippen LogP) is 3.00. The second-order valence-corrected chi connectivity index (χ2v) is 2.41. The molecule has 0 saturated carbocycles. The van der Waals surface area contributed by atoms with Gasteiger partial charge < -0.3 is 5.41 Å². The summed E-state index contributed by atoms with van der Waals surface area (Å²) in [6.07, 6.45) is 9.02. The number of nitrogens with one attached hydrogen (secondary N) is 1. The minimum absolute atomic E-state index is 0.976. The van der Waals surface area contributed by atoms with Crippen LogP contribution in [-0.2, 0) is 0 Å². The maximum Gasteiger partial charge on any atom is -0.00477 e. The standard InChI is InChI=1S/C8H17N/c1-2-3-4-5-6-7-8-9/h8-9H,2-7H2,1H3. The molecule has 0 aromatic carbocycles. The number of hydrogen-bond acceptors (Lipinski definition) is 1. The molecule has 9 heavy (non-hydrogen) atoms. The molecule has 0 spiro atoms. The average Bonchev–Trinajstić information content (AvgIpc) is 1.89. The van der Waals surface area contributed by atoms with Crippen molar-refractivity contribution in [3.05, 3.63) is 0 Å². The van der Waals surface area contributed by atoms with Crippen LogP contribution in [-0.4, -0.2) is 6.21 Å². The fraction of sp³-hybridized carbons (Fsp3) is 0.875. The van der Waals surface area contributed by atoms with Crippen LogP contribution in [0.4, 0.5) is 0 Å². The summed E-state index contributed by atoms with van der Waals surface area (Å²) in [4.78, 5) is 0. The maximum atomic E-state index is 6.76. The second kappa shape index (κ2) is 7.67. The van der Waals surface area contributed by atoms with Gasteiger partial charge in [-0.2, -0.15) is 0 Å². The van der Waals surface area contributed by atoms with Crippen LogP contribution in [0.5, 0.6) is 0 Å². The molecule has 0 aliphatic rings. The first kappa shape index (κ1) is 8.67. The molecule has 0 saturated heterocycles. The van der Waals surface area contributed by atoms with Crippen LogP contribution in [0.15, 0.2) is 0 Å². The van der Waals surface area contributed by atoms with Gasteiger partial charge >= 0.3 is 0 Å². The second-order valence-electron chi connectivity index (χ2n) is 2.41. The third-order valence-corrected chi connectivity index (χ3v) is 1.45. The zero-order valence-corrected chi connectivity index (χ0v) is 6.32. The van der Waals surface area contributed by atoms with E-state index < -0.39 is 0 Å². The largest absolute Gasteiger partial charge is 0.313 e. The van der Waals surface area contributed by atoms with E-state index in [4.69, 9.17) is 5.41 Å². The molecule has 54 valence electrons. The maximum absolute atomic E-state index is 6.76. The van der Waals surface area contributed by atoms with Gasteiger partial charge in [0.1, 0.15) is 0 Å². The van der Waals surface area contributed by atoms with Crippen LogP contribution < -0.4 is 0 Å². The van der Waals surface area contributed by atoms with Gasteiger partial charge in [-0.25, -0.2) is 0 Å². The summed E-state index contributed by atoms with van der Waals surface area (Å²) in [5.74, 6) is 0. The Balaban J connectivity index is 2.66. The van der Waals surface area contributed by atoms with E-state index in [1.807, 2.05) is 0 Å². The van der Waals surface area contributed by atoms with E-state index in [2.05, 4.69) is 6.92 Å². The lowest BCUT2D eigenvalue weighted by Gasteiger charge is -1.94. The molecule has 0 heterocycles. The third kappa shape index (κ3) is 7.67. The van der Waals surface area contributed by atoms with E-state index in [9.17, 15) is 0 Å². The minimum atomic E-state index is 0.976. The topological polar surface area (TPSA) is 23.9 Å². The van der Waals surface area contributed by atoms with Gasteiger partial charge in [0.05, 0.1) is 0 Å². The van der Waals surface area contributed by atoms with Crippen LogP contribution in [0.25, 0.3) is 0 Å². The van der Waals surface area contributed by atoms with Crippen molar-refractivity contribution in [1.29, 1.82) is 5.41 Å². The Hall–Kier alpha value is -0.330. The number of rotatable bonds is 6. The Labute approximate surface area is 58.0 Å². The van der Waals surface area contributed by atoms with Crippen molar-refractivity contribution >= 4 is 6.21 Å². The Morgan fingerprint density at radius 2 is 1.78 bits per heavy atom. The molecule has 1 heteroatoms. The van der Waals surface area contributed by atoms with Gasteiger partial charge in [0.2, 0.25) is 0 Å². The molecule has 0 aromatic rings. The van der Waals surface area contributed by atoms with E-state index >= 15 is 0 Å². The van der Waals surface area contributed by atoms with Crippen LogP contribution in [0.1, 0.15) is 45.4 Å². The Kier molecular flexibility index (Phi) is 7.39. The Morgan fingerprint density at radius 3 is 2.33 bits per heavy atom. The minimum Gasteiger partial charge on any atom is -0.313 e. The molecule has 0 aromatic heterocycles. The van der Waals surface area contributed by atoms with E-state index in [0.717, 1.165) is 6.42 Å². The highest BCUT2D eigenvalue weighted by Crippen LogP contribution is 2.02. The molecular formula is C8H17N. The molecule has 0 atom stereocenters. The van der Waals surface area contributed by atoms with Crippen molar-refractivity contribution in [2.24, 2.45) is 0 Å². The lowest BCUT2D eigenvalue weighted by atomic mass is 10.1. The number of hydrogen-bond donors (Lipinski definition) is 1. The van der Waals surface area contributed by atoms with Crippen molar-refractivity contribution in [1.82, 2.24) is 0 Å².